The Morgan fingerprint density at radius 2 is 1.88 bits per heavy atom. The van der Waals surface area contributed by atoms with Gasteiger partial charge in [-0.15, -0.1) is 12.4 Å². The molecule has 0 amide bonds. The first-order chi connectivity index (χ1) is 11.1. The van der Waals surface area contributed by atoms with Gasteiger partial charge in [-0.3, -0.25) is 5.10 Å². The van der Waals surface area contributed by atoms with Crippen LogP contribution in [0.2, 0.25) is 0 Å². The van der Waals surface area contributed by atoms with Crippen molar-refractivity contribution in [3.8, 4) is 22.8 Å². The van der Waals surface area contributed by atoms with Gasteiger partial charge in [-0.1, -0.05) is 47.8 Å². The Morgan fingerprint density at radius 1 is 1.17 bits per heavy atom. The van der Waals surface area contributed by atoms with Crippen molar-refractivity contribution in [2.75, 3.05) is 0 Å². The first kappa shape index (κ1) is 16.7. The number of aromatic amines is 1. The minimum atomic E-state index is -0.443. The van der Waals surface area contributed by atoms with E-state index in [1.54, 1.807) is 0 Å². The average molecular weight is 346 g/mol. The number of H-pyrrole nitrogens is 1. The molecule has 0 aliphatic heterocycles. The quantitative estimate of drug-likeness (QED) is 0.756. The van der Waals surface area contributed by atoms with E-state index in [1.165, 1.54) is 5.56 Å². The number of aryl methyl sites for hydroxylation is 1. The van der Waals surface area contributed by atoms with Gasteiger partial charge in [0.1, 0.15) is 5.69 Å². The maximum Gasteiger partial charge on any atom is 0.276 e. The summed E-state index contributed by atoms with van der Waals surface area (Å²) in [5.74, 6) is 1.03. The van der Waals surface area contributed by atoms with Gasteiger partial charge in [-0.25, -0.2) is 0 Å². The predicted octanol–water partition coefficient (Wildman–Crippen LogP) is 3.58. The van der Waals surface area contributed by atoms with Crippen LogP contribution in [0.1, 0.15) is 37.1 Å². The number of nitrogens with one attached hydrogen (secondary N) is 1. The lowest BCUT2D eigenvalue weighted by Gasteiger charge is -2.17. The molecular formula is C17H20ClN5O. The van der Waals surface area contributed by atoms with Crippen molar-refractivity contribution < 1.29 is 4.52 Å². The summed E-state index contributed by atoms with van der Waals surface area (Å²) in [6, 6.07) is 10.1. The van der Waals surface area contributed by atoms with Crippen molar-refractivity contribution >= 4 is 12.4 Å². The third kappa shape index (κ3) is 2.95. The van der Waals surface area contributed by atoms with Crippen LogP contribution in [-0.2, 0) is 5.54 Å². The van der Waals surface area contributed by atoms with Crippen molar-refractivity contribution in [1.82, 2.24) is 20.3 Å². The molecule has 0 unspecified atom stereocenters. The number of rotatable bonds is 3. The molecule has 24 heavy (non-hydrogen) atoms. The molecule has 6 nitrogen and oxygen atoms in total. The number of aromatic nitrogens is 4. The molecule has 1 aromatic carbocycles. The normalized spacial score (nSPS) is 16.1. The Balaban J connectivity index is 0.00000169. The fourth-order valence-corrected chi connectivity index (χ4v) is 3.07. The fraction of sp³-hybridized carbons (Fsp3) is 0.353. The third-order valence-corrected chi connectivity index (χ3v) is 4.52. The molecule has 1 fully saturated rings. The maximum absolute atomic E-state index is 6.37. The largest absolute Gasteiger partial charge is 0.332 e. The minimum absolute atomic E-state index is 0. The van der Waals surface area contributed by atoms with Gasteiger partial charge >= 0.3 is 0 Å². The van der Waals surface area contributed by atoms with Crippen molar-refractivity contribution in [3.05, 3.63) is 41.7 Å². The standard InChI is InChI=1S/C17H19N5O.ClH/c1-11-4-6-12(7-5-11)13-10-14(21-20-13)15-19-16(22-23-15)17(18)8-2-3-9-17;/h4-7,10H,2-3,8-9,18H2,1H3,(H,20,21);1H. The Morgan fingerprint density at radius 3 is 2.58 bits per heavy atom. The van der Waals surface area contributed by atoms with E-state index in [0.29, 0.717) is 17.4 Å². The molecule has 0 bridgehead atoms. The summed E-state index contributed by atoms with van der Waals surface area (Å²) in [5, 5.41) is 11.4. The van der Waals surface area contributed by atoms with Crippen LogP contribution in [0, 0.1) is 6.92 Å². The second kappa shape index (κ2) is 6.37. The van der Waals surface area contributed by atoms with Crippen LogP contribution in [-0.4, -0.2) is 20.3 Å². The highest BCUT2D eigenvalue weighted by atomic mass is 35.5. The first-order valence-electron chi connectivity index (χ1n) is 7.90. The summed E-state index contributed by atoms with van der Waals surface area (Å²) in [7, 11) is 0. The molecule has 1 aliphatic carbocycles. The van der Waals surface area contributed by atoms with Gasteiger partial charge < -0.3 is 10.3 Å². The SMILES string of the molecule is Cc1ccc(-c2cc(-c3nc(C4(N)CCCC4)no3)[nH]n2)cc1.Cl. The smallest absolute Gasteiger partial charge is 0.276 e. The molecule has 1 aliphatic rings. The number of hydrogen-bond acceptors (Lipinski definition) is 5. The molecule has 0 saturated heterocycles. The number of hydrogen-bond donors (Lipinski definition) is 2. The molecule has 2 aromatic heterocycles. The van der Waals surface area contributed by atoms with Crippen molar-refractivity contribution in [2.45, 2.75) is 38.1 Å². The average Bonchev–Trinajstić information content (AvgIpc) is 3.28. The second-order valence-corrected chi connectivity index (χ2v) is 6.32. The van der Waals surface area contributed by atoms with E-state index in [1.807, 2.05) is 18.2 Å². The number of nitrogens with two attached hydrogens (primary N) is 1. The van der Waals surface area contributed by atoms with Gasteiger partial charge in [0.25, 0.3) is 5.89 Å². The highest BCUT2D eigenvalue weighted by Gasteiger charge is 2.36. The molecule has 4 rings (SSSR count). The Labute approximate surface area is 146 Å². The molecule has 3 N–H and O–H groups in total. The second-order valence-electron chi connectivity index (χ2n) is 6.32. The van der Waals surface area contributed by atoms with Crippen LogP contribution in [0.15, 0.2) is 34.9 Å². The van der Waals surface area contributed by atoms with Gasteiger partial charge in [-0.2, -0.15) is 10.1 Å². The van der Waals surface area contributed by atoms with E-state index in [9.17, 15) is 0 Å². The van der Waals surface area contributed by atoms with Crippen molar-refractivity contribution in [3.63, 3.8) is 0 Å². The molecule has 0 atom stereocenters. The van der Waals surface area contributed by atoms with Crippen molar-refractivity contribution in [1.29, 1.82) is 0 Å². The highest BCUT2D eigenvalue weighted by Crippen LogP contribution is 2.35. The van der Waals surface area contributed by atoms with E-state index >= 15 is 0 Å². The topological polar surface area (TPSA) is 93.6 Å². The molecule has 2 heterocycles. The van der Waals surface area contributed by atoms with E-state index in [0.717, 1.165) is 36.9 Å². The number of benzene rings is 1. The summed E-state index contributed by atoms with van der Waals surface area (Å²) in [6.07, 6.45) is 4.04. The summed E-state index contributed by atoms with van der Waals surface area (Å²) in [6.45, 7) is 2.06. The molecule has 3 aromatic rings. The zero-order valence-electron chi connectivity index (χ0n) is 13.5. The lowest BCUT2D eigenvalue weighted by molar-refractivity contribution is 0.372. The fourth-order valence-electron chi connectivity index (χ4n) is 3.07. The molecule has 0 radical (unpaired) electrons. The Hall–Kier alpha value is -2.18. The number of halogens is 1. The molecule has 1 saturated carbocycles. The lowest BCUT2D eigenvalue weighted by Crippen LogP contribution is -2.34. The van der Waals surface area contributed by atoms with E-state index in [4.69, 9.17) is 10.3 Å². The summed E-state index contributed by atoms with van der Waals surface area (Å²) in [5.41, 5.74) is 9.75. The van der Waals surface area contributed by atoms with Crippen LogP contribution in [0.25, 0.3) is 22.8 Å². The molecule has 126 valence electrons. The minimum Gasteiger partial charge on any atom is -0.332 e. The van der Waals surface area contributed by atoms with E-state index in [-0.39, 0.29) is 12.4 Å². The molecule has 0 spiro atoms. The summed E-state index contributed by atoms with van der Waals surface area (Å²) >= 11 is 0. The zero-order valence-corrected chi connectivity index (χ0v) is 14.3. The summed E-state index contributed by atoms with van der Waals surface area (Å²) in [4.78, 5) is 4.48. The van der Waals surface area contributed by atoms with Gasteiger partial charge in [0.2, 0.25) is 0 Å². The lowest BCUT2D eigenvalue weighted by atomic mass is 9.99. The Bertz CT molecular complexity index is 818. The van der Waals surface area contributed by atoms with Gasteiger partial charge in [0, 0.05) is 5.56 Å². The van der Waals surface area contributed by atoms with Crippen LogP contribution in [0.5, 0.6) is 0 Å². The van der Waals surface area contributed by atoms with E-state index < -0.39 is 5.54 Å². The van der Waals surface area contributed by atoms with Gasteiger partial charge in [-0.05, 0) is 25.8 Å². The Kier molecular flexibility index (Phi) is 4.43. The van der Waals surface area contributed by atoms with Crippen LogP contribution in [0.3, 0.4) is 0 Å². The zero-order chi connectivity index (χ0) is 15.9. The highest BCUT2D eigenvalue weighted by molar-refractivity contribution is 5.85. The van der Waals surface area contributed by atoms with Crippen molar-refractivity contribution in [2.24, 2.45) is 5.73 Å². The molecule has 7 heteroatoms. The number of nitrogens with zero attached hydrogens (tertiary/aromatic N) is 3. The van der Waals surface area contributed by atoms with Crippen LogP contribution < -0.4 is 5.73 Å². The van der Waals surface area contributed by atoms with E-state index in [2.05, 4.69) is 39.4 Å². The maximum atomic E-state index is 6.37. The van der Waals surface area contributed by atoms with Gasteiger partial charge in [0.15, 0.2) is 5.82 Å². The van der Waals surface area contributed by atoms with Crippen LogP contribution >= 0.6 is 12.4 Å². The molecular weight excluding hydrogens is 326 g/mol. The predicted molar refractivity (Wildman–Crippen MR) is 93.6 cm³/mol. The monoisotopic (exact) mass is 345 g/mol. The van der Waals surface area contributed by atoms with Crippen LogP contribution in [0.4, 0.5) is 0 Å². The van der Waals surface area contributed by atoms with Gasteiger partial charge in [0.05, 0.1) is 11.2 Å². The summed E-state index contributed by atoms with van der Waals surface area (Å²) < 4.78 is 5.38. The first-order valence-corrected chi connectivity index (χ1v) is 7.90. The third-order valence-electron chi connectivity index (χ3n) is 4.52.